The van der Waals surface area contributed by atoms with E-state index in [0.717, 1.165) is 23.4 Å². The van der Waals surface area contributed by atoms with E-state index in [9.17, 15) is 4.79 Å². The zero-order chi connectivity index (χ0) is 17.8. The lowest BCUT2D eigenvalue weighted by Crippen LogP contribution is -2.29. The van der Waals surface area contributed by atoms with Crippen LogP contribution in [0.4, 0.5) is 10.5 Å². The maximum atomic E-state index is 12.2. The maximum absolute atomic E-state index is 12.2. The first-order chi connectivity index (χ1) is 12.1. The van der Waals surface area contributed by atoms with Gasteiger partial charge in [0, 0.05) is 24.7 Å². The highest BCUT2D eigenvalue weighted by atomic mass is 16.5. The minimum Gasteiger partial charge on any atom is -0.493 e. The van der Waals surface area contributed by atoms with Crippen molar-refractivity contribution in [3.63, 3.8) is 0 Å². The Morgan fingerprint density at radius 1 is 1.36 bits per heavy atom. The molecule has 3 rings (SSSR count). The van der Waals surface area contributed by atoms with Crippen molar-refractivity contribution in [3.8, 4) is 11.5 Å². The number of para-hydroxylation sites is 1. The number of urea groups is 1. The summed E-state index contributed by atoms with van der Waals surface area (Å²) in [6.07, 6.45) is 0.839. The number of benzene rings is 1. The first-order valence-corrected chi connectivity index (χ1v) is 8.01. The molecule has 0 aliphatic carbocycles. The highest BCUT2D eigenvalue weighted by Crippen LogP contribution is 2.34. The fourth-order valence-electron chi connectivity index (χ4n) is 2.94. The van der Waals surface area contributed by atoms with Gasteiger partial charge >= 0.3 is 6.03 Å². The molecule has 25 heavy (non-hydrogen) atoms. The van der Waals surface area contributed by atoms with Crippen molar-refractivity contribution in [3.05, 3.63) is 35.2 Å². The van der Waals surface area contributed by atoms with Gasteiger partial charge in [-0.3, -0.25) is 4.68 Å². The van der Waals surface area contributed by atoms with Crippen LogP contribution < -0.4 is 20.1 Å². The quantitative estimate of drug-likeness (QED) is 0.863. The van der Waals surface area contributed by atoms with Crippen molar-refractivity contribution < 1.29 is 19.0 Å². The molecule has 0 spiro atoms. The Balaban J connectivity index is 1.66. The summed E-state index contributed by atoms with van der Waals surface area (Å²) in [6.45, 7) is 1.56. The molecule has 0 saturated carbocycles. The Hall–Kier alpha value is -2.74. The highest BCUT2D eigenvalue weighted by Gasteiger charge is 2.20. The van der Waals surface area contributed by atoms with E-state index in [2.05, 4.69) is 15.7 Å². The van der Waals surface area contributed by atoms with Gasteiger partial charge in [-0.15, -0.1) is 0 Å². The summed E-state index contributed by atoms with van der Waals surface area (Å²) < 4.78 is 17.9. The Morgan fingerprint density at radius 3 is 2.96 bits per heavy atom. The molecule has 2 N–H and O–H groups in total. The number of aromatic nitrogens is 2. The summed E-state index contributed by atoms with van der Waals surface area (Å²) in [7, 11) is 4.99. The fourth-order valence-corrected chi connectivity index (χ4v) is 2.94. The molecule has 0 saturated heterocycles. The van der Waals surface area contributed by atoms with Crippen LogP contribution in [-0.4, -0.2) is 36.6 Å². The fraction of sp³-hybridized carbons (Fsp3) is 0.412. The second kappa shape index (κ2) is 7.43. The SMILES string of the molecule is COc1cccc(NC(=O)NCc2nn(C)c3c2COCC3)c1OC. The monoisotopic (exact) mass is 346 g/mol. The predicted molar refractivity (Wildman–Crippen MR) is 92.0 cm³/mol. The number of amides is 2. The van der Waals surface area contributed by atoms with Gasteiger partial charge in [-0.1, -0.05) is 6.07 Å². The predicted octanol–water partition coefficient (Wildman–Crippen LogP) is 1.83. The minimum atomic E-state index is -0.345. The molecule has 2 amide bonds. The third-order valence-corrected chi connectivity index (χ3v) is 4.16. The zero-order valence-corrected chi connectivity index (χ0v) is 14.6. The average Bonchev–Trinajstić information content (AvgIpc) is 2.96. The van der Waals surface area contributed by atoms with Crippen LogP contribution >= 0.6 is 0 Å². The van der Waals surface area contributed by atoms with Crippen molar-refractivity contribution in [2.45, 2.75) is 19.6 Å². The van der Waals surface area contributed by atoms with Gasteiger partial charge in [0.1, 0.15) is 0 Å². The van der Waals surface area contributed by atoms with Crippen molar-refractivity contribution in [1.82, 2.24) is 15.1 Å². The second-order valence-corrected chi connectivity index (χ2v) is 5.65. The number of nitrogens with zero attached hydrogens (tertiary/aromatic N) is 2. The van der Waals surface area contributed by atoms with Crippen molar-refractivity contribution in [2.24, 2.45) is 7.05 Å². The number of fused-ring (bicyclic) bond motifs is 1. The molecule has 1 aromatic carbocycles. The highest BCUT2D eigenvalue weighted by molar-refractivity contribution is 5.91. The van der Waals surface area contributed by atoms with Crippen LogP contribution in [0.3, 0.4) is 0 Å². The van der Waals surface area contributed by atoms with Crippen molar-refractivity contribution in [2.75, 3.05) is 26.1 Å². The number of carbonyl (C=O) groups is 1. The van der Waals surface area contributed by atoms with Gasteiger partial charge in [0.25, 0.3) is 0 Å². The van der Waals surface area contributed by atoms with E-state index in [1.165, 1.54) is 7.11 Å². The molecule has 8 nitrogen and oxygen atoms in total. The smallest absolute Gasteiger partial charge is 0.319 e. The number of carbonyl (C=O) groups excluding carboxylic acids is 1. The number of methoxy groups -OCH3 is 2. The number of hydrogen-bond acceptors (Lipinski definition) is 5. The Morgan fingerprint density at radius 2 is 2.20 bits per heavy atom. The number of hydrogen-bond donors (Lipinski definition) is 2. The van der Waals surface area contributed by atoms with Crippen LogP contribution in [0.1, 0.15) is 17.0 Å². The first kappa shape index (κ1) is 17.1. The largest absolute Gasteiger partial charge is 0.493 e. The summed E-state index contributed by atoms with van der Waals surface area (Å²) in [5.74, 6) is 1.03. The number of anilines is 1. The molecule has 2 aromatic rings. The van der Waals surface area contributed by atoms with E-state index < -0.39 is 0 Å². The molecule has 0 fully saturated rings. The van der Waals surface area contributed by atoms with E-state index in [4.69, 9.17) is 14.2 Å². The first-order valence-electron chi connectivity index (χ1n) is 8.01. The van der Waals surface area contributed by atoms with E-state index >= 15 is 0 Å². The third kappa shape index (κ3) is 3.53. The summed E-state index contributed by atoms with van der Waals surface area (Å²) in [4.78, 5) is 12.2. The third-order valence-electron chi connectivity index (χ3n) is 4.16. The van der Waals surface area contributed by atoms with Crippen LogP contribution in [0, 0.1) is 0 Å². The molecule has 134 valence electrons. The molecule has 8 heteroatoms. The Labute approximate surface area is 146 Å². The number of nitrogens with one attached hydrogen (secondary N) is 2. The van der Waals surface area contributed by atoms with Crippen molar-refractivity contribution in [1.29, 1.82) is 0 Å². The van der Waals surface area contributed by atoms with Crippen molar-refractivity contribution >= 4 is 11.7 Å². The zero-order valence-electron chi connectivity index (χ0n) is 14.6. The van der Waals surface area contributed by atoms with E-state index in [-0.39, 0.29) is 6.03 Å². The molecule has 1 aliphatic rings. The van der Waals surface area contributed by atoms with Gasteiger partial charge in [-0.05, 0) is 12.1 Å². The maximum Gasteiger partial charge on any atom is 0.319 e. The molecule has 0 bridgehead atoms. The molecule has 0 unspecified atom stereocenters. The van der Waals surface area contributed by atoms with Gasteiger partial charge in [0.2, 0.25) is 0 Å². The molecule has 0 radical (unpaired) electrons. The summed E-state index contributed by atoms with van der Waals surface area (Å²) >= 11 is 0. The van der Waals surface area contributed by atoms with Crippen LogP contribution in [-0.2, 0) is 31.4 Å². The second-order valence-electron chi connectivity index (χ2n) is 5.65. The van der Waals surface area contributed by atoms with Crippen LogP contribution in [0.25, 0.3) is 0 Å². The topological polar surface area (TPSA) is 86.6 Å². The lowest BCUT2D eigenvalue weighted by molar-refractivity contribution is 0.108. The van der Waals surface area contributed by atoms with Crippen LogP contribution in [0.2, 0.25) is 0 Å². The van der Waals surface area contributed by atoms with Gasteiger partial charge in [0.15, 0.2) is 11.5 Å². The Bertz CT molecular complexity index is 772. The molecular formula is C17H22N4O4. The lowest BCUT2D eigenvalue weighted by Gasteiger charge is -2.15. The molecule has 1 aliphatic heterocycles. The Kier molecular flexibility index (Phi) is 5.08. The summed E-state index contributed by atoms with van der Waals surface area (Å²) in [5.41, 5.74) is 3.58. The van der Waals surface area contributed by atoms with E-state index in [1.807, 2.05) is 11.7 Å². The van der Waals surface area contributed by atoms with E-state index in [1.54, 1.807) is 25.3 Å². The average molecular weight is 346 g/mol. The minimum absolute atomic E-state index is 0.324. The molecule has 1 aromatic heterocycles. The number of ether oxygens (including phenoxy) is 3. The van der Waals surface area contributed by atoms with Crippen LogP contribution in [0.15, 0.2) is 18.2 Å². The molecule has 0 atom stereocenters. The normalized spacial score (nSPS) is 13.1. The lowest BCUT2D eigenvalue weighted by atomic mass is 10.1. The van der Waals surface area contributed by atoms with Gasteiger partial charge in [0.05, 0.1) is 45.4 Å². The van der Waals surface area contributed by atoms with Gasteiger partial charge in [-0.25, -0.2) is 4.79 Å². The van der Waals surface area contributed by atoms with Crippen LogP contribution in [0.5, 0.6) is 11.5 Å². The molecule has 2 heterocycles. The standard InChI is InChI=1S/C17H22N4O4/c1-21-14-7-8-25-10-11(14)13(20-21)9-18-17(22)19-12-5-4-6-15(23-2)16(12)24-3/h4-6H,7-10H2,1-3H3,(H2,18,19,22). The van der Waals surface area contributed by atoms with Gasteiger partial charge < -0.3 is 24.8 Å². The summed E-state index contributed by atoms with van der Waals surface area (Å²) in [5, 5.41) is 10.1. The molecular weight excluding hydrogens is 324 g/mol. The van der Waals surface area contributed by atoms with E-state index in [0.29, 0.717) is 36.9 Å². The van der Waals surface area contributed by atoms with Gasteiger partial charge in [-0.2, -0.15) is 5.10 Å². The number of aryl methyl sites for hydroxylation is 1. The number of rotatable bonds is 5. The summed E-state index contributed by atoms with van der Waals surface area (Å²) in [6, 6.07) is 4.95.